The van der Waals surface area contributed by atoms with Crippen LogP contribution >= 0.6 is 0 Å². The maximum Gasteiger partial charge on any atom is 0.326 e. The number of nitrogens with one attached hydrogen (secondary N) is 10. The number of aliphatic carboxylic acids is 2. The molecule has 0 bridgehead atoms. The van der Waals surface area contributed by atoms with Crippen LogP contribution in [0.2, 0.25) is 0 Å². The van der Waals surface area contributed by atoms with Gasteiger partial charge in [0.05, 0.1) is 31.2 Å². The van der Waals surface area contributed by atoms with Crippen LogP contribution in [-0.2, 0) is 64.0 Å². The largest absolute Gasteiger partial charge is 0.481 e. The van der Waals surface area contributed by atoms with E-state index in [0.29, 0.717) is 18.5 Å². The zero-order chi connectivity index (χ0) is 60.1. The van der Waals surface area contributed by atoms with E-state index in [0.717, 1.165) is 0 Å². The Balaban J connectivity index is 3.35. The molecule has 0 spiro atoms. The molecule has 29 nitrogen and oxygen atoms in total. The van der Waals surface area contributed by atoms with Gasteiger partial charge in [0, 0.05) is 25.5 Å². The molecular formula is C50H86N14O15. The Bertz CT molecular complexity index is 2190. The standard InChI is InChI=1S/C50H86N14O15/c1-25(2)17-33(62-49(77)41(53)28(7)8)42(70)55-22-39(67)57-30(11-9-10-16-51)43(71)60-35(19-27(5)6)47(75)64-37(23-65)48(76)59-31(12-14-38(52)66)44(72)58-32(13-15-40(68)69)45(73)61-34(18-26(3)4)46(74)63-36(50(78)79)20-29-21-54-24-56-29/h21,24-28,30-37,41,65H,9-20,22-23,51,53H2,1-8H3,(H2,52,66)(H,54,56)(H,55,70)(H,57,67)(H,58,72)(H,59,76)(H,60,71)(H,61,73)(H,62,77)(H,63,74)(H,64,75)(H,68,69)(H,78,79)/t30-,31-,32-,33-,34-,35-,36-,37-,41-/m0/s1. The number of hydrogen-bond acceptors (Lipinski definition) is 16. The van der Waals surface area contributed by atoms with Gasteiger partial charge in [0.25, 0.3) is 0 Å². The predicted octanol–water partition coefficient (Wildman–Crippen LogP) is -3.60. The summed E-state index contributed by atoms with van der Waals surface area (Å²) in [6.07, 6.45) is 1.24. The summed E-state index contributed by atoms with van der Waals surface area (Å²) >= 11 is 0. The van der Waals surface area contributed by atoms with Gasteiger partial charge in [-0.15, -0.1) is 0 Å². The van der Waals surface area contributed by atoms with E-state index in [1.807, 2.05) is 13.8 Å². The molecule has 0 aliphatic heterocycles. The lowest BCUT2D eigenvalue weighted by atomic mass is 10.0. The number of hydrogen-bond donors (Lipinski definition) is 16. The normalized spacial score (nSPS) is 14.7. The summed E-state index contributed by atoms with van der Waals surface area (Å²) in [7, 11) is 0. The molecule has 0 aromatic carbocycles. The minimum Gasteiger partial charge on any atom is -0.481 e. The third-order valence-corrected chi connectivity index (χ3v) is 12.1. The first-order valence-electron chi connectivity index (χ1n) is 26.5. The highest BCUT2D eigenvalue weighted by atomic mass is 16.4. The fourth-order valence-electron chi connectivity index (χ4n) is 7.71. The molecule has 10 amide bonds. The third kappa shape index (κ3) is 27.7. The Hall–Kier alpha value is -7.27. The molecule has 1 rings (SSSR count). The minimum atomic E-state index is -1.82. The van der Waals surface area contributed by atoms with Gasteiger partial charge in [0.15, 0.2) is 0 Å². The van der Waals surface area contributed by atoms with Gasteiger partial charge in [-0.25, -0.2) is 9.78 Å². The van der Waals surface area contributed by atoms with Crippen LogP contribution in [0, 0.1) is 23.7 Å². The van der Waals surface area contributed by atoms with E-state index < -0.39 is 164 Å². The molecule has 1 aromatic rings. The van der Waals surface area contributed by atoms with E-state index in [-0.39, 0.29) is 62.3 Å². The van der Waals surface area contributed by atoms with E-state index >= 15 is 0 Å². The van der Waals surface area contributed by atoms with Gasteiger partial charge in [-0.3, -0.25) is 52.7 Å². The van der Waals surface area contributed by atoms with Crippen molar-refractivity contribution in [3.63, 3.8) is 0 Å². The number of aromatic nitrogens is 2. The van der Waals surface area contributed by atoms with Crippen LogP contribution in [0.25, 0.3) is 0 Å². The van der Waals surface area contributed by atoms with Crippen LogP contribution < -0.4 is 65.1 Å². The summed E-state index contributed by atoms with van der Waals surface area (Å²) in [4.78, 5) is 164. The molecule has 1 aromatic heterocycles. The number of rotatable bonds is 39. The quantitative estimate of drug-likeness (QED) is 0.0283. The summed E-state index contributed by atoms with van der Waals surface area (Å²) < 4.78 is 0. The summed E-state index contributed by atoms with van der Waals surface area (Å²) in [5.74, 6) is -12.6. The molecule has 1 heterocycles. The van der Waals surface area contributed by atoms with Gasteiger partial charge in [-0.1, -0.05) is 55.4 Å². The molecule has 0 fully saturated rings. The van der Waals surface area contributed by atoms with E-state index in [1.165, 1.54) is 12.5 Å². The van der Waals surface area contributed by atoms with Crippen LogP contribution in [0.3, 0.4) is 0 Å². The number of aromatic amines is 1. The molecule has 79 heavy (non-hydrogen) atoms. The number of imidazole rings is 1. The van der Waals surface area contributed by atoms with Gasteiger partial charge < -0.3 is 85.4 Å². The van der Waals surface area contributed by atoms with Gasteiger partial charge in [-0.05, 0) is 81.6 Å². The first-order valence-corrected chi connectivity index (χ1v) is 26.5. The average molecular weight is 1120 g/mol. The predicted molar refractivity (Wildman–Crippen MR) is 285 cm³/mol. The number of carbonyl (C=O) groups is 12. The Morgan fingerprint density at radius 3 is 1.38 bits per heavy atom. The second-order valence-corrected chi connectivity index (χ2v) is 20.9. The van der Waals surface area contributed by atoms with Crippen molar-refractivity contribution in [1.29, 1.82) is 0 Å². The number of H-pyrrole nitrogens is 1. The fourth-order valence-corrected chi connectivity index (χ4v) is 7.71. The molecule has 0 radical (unpaired) electrons. The van der Waals surface area contributed by atoms with Gasteiger partial charge in [0.2, 0.25) is 59.1 Å². The lowest BCUT2D eigenvalue weighted by Gasteiger charge is -2.28. The van der Waals surface area contributed by atoms with Crippen LogP contribution in [0.15, 0.2) is 12.5 Å². The van der Waals surface area contributed by atoms with Gasteiger partial charge in [-0.2, -0.15) is 0 Å². The van der Waals surface area contributed by atoms with Crippen LogP contribution in [-0.4, -0.2) is 170 Å². The lowest BCUT2D eigenvalue weighted by molar-refractivity contribution is -0.142. The maximum absolute atomic E-state index is 13.9. The van der Waals surface area contributed by atoms with Crippen molar-refractivity contribution in [1.82, 2.24) is 57.8 Å². The second-order valence-electron chi connectivity index (χ2n) is 20.9. The molecule has 29 heteroatoms. The van der Waals surface area contributed by atoms with Crippen molar-refractivity contribution in [2.45, 2.75) is 180 Å². The number of primary amides is 1. The average Bonchev–Trinajstić information content (AvgIpc) is 3.88. The molecule has 19 N–H and O–H groups in total. The number of carbonyl (C=O) groups excluding carboxylic acids is 10. The summed E-state index contributed by atoms with van der Waals surface area (Å²) in [5, 5.41) is 51.8. The Kier molecular flexibility index (Phi) is 31.8. The van der Waals surface area contributed by atoms with Crippen molar-refractivity contribution in [2.75, 3.05) is 19.7 Å². The Labute approximate surface area is 459 Å². The smallest absolute Gasteiger partial charge is 0.326 e. The van der Waals surface area contributed by atoms with E-state index in [1.54, 1.807) is 41.5 Å². The minimum absolute atomic E-state index is 0.0331. The third-order valence-electron chi connectivity index (χ3n) is 12.1. The number of unbranched alkanes of at least 4 members (excludes halogenated alkanes) is 1. The molecular weight excluding hydrogens is 1040 g/mol. The second kappa shape index (κ2) is 36.0. The maximum atomic E-state index is 13.9. The molecule has 446 valence electrons. The zero-order valence-corrected chi connectivity index (χ0v) is 46.5. The van der Waals surface area contributed by atoms with Crippen molar-refractivity contribution < 1.29 is 72.9 Å². The highest BCUT2D eigenvalue weighted by Gasteiger charge is 2.35. The summed E-state index contributed by atoms with van der Waals surface area (Å²) in [5.41, 5.74) is 17.3. The highest BCUT2D eigenvalue weighted by molar-refractivity contribution is 5.98. The van der Waals surface area contributed by atoms with Crippen LogP contribution in [0.4, 0.5) is 0 Å². The topological polar surface area (TPSA) is 481 Å². The van der Waals surface area contributed by atoms with E-state index in [2.05, 4.69) is 57.8 Å². The Morgan fingerprint density at radius 2 is 0.962 bits per heavy atom. The number of nitrogens with zero attached hydrogens (tertiary/aromatic N) is 1. The molecule has 0 unspecified atom stereocenters. The van der Waals surface area contributed by atoms with Gasteiger partial charge in [0.1, 0.15) is 48.3 Å². The summed E-state index contributed by atoms with van der Waals surface area (Å²) in [6, 6.07) is -12.7. The van der Waals surface area contributed by atoms with Gasteiger partial charge >= 0.3 is 11.9 Å². The first kappa shape index (κ1) is 69.7. The highest BCUT2D eigenvalue weighted by Crippen LogP contribution is 2.12. The molecule has 0 saturated carbocycles. The molecule has 0 saturated heterocycles. The van der Waals surface area contributed by atoms with Crippen molar-refractivity contribution in [3.8, 4) is 0 Å². The number of aliphatic hydroxyl groups is 1. The molecule has 0 aliphatic carbocycles. The van der Waals surface area contributed by atoms with E-state index in [4.69, 9.17) is 17.2 Å². The number of carboxylic acid groups (broad SMARTS) is 2. The van der Waals surface area contributed by atoms with E-state index in [9.17, 15) is 72.9 Å². The SMILES string of the molecule is CC(C)C[C@H](NC(=O)[C@H](CCC(=O)O)NC(=O)[C@H](CCC(N)=O)NC(=O)[C@H](CO)NC(=O)[C@H](CC(C)C)NC(=O)[C@H](CCCCN)NC(=O)CNC(=O)[C@H](CC(C)C)NC(=O)[C@@H](N)C(C)C)C(=O)N[C@@H](Cc1c[nH]cn1)C(=O)O. The lowest BCUT2D eigenvalue weighted by Crippen LogP contribution is -2.61. The molecule has 0 aliphatic rings. The number of nitrogens with two attached hydrogens (primary N) is 3. The summed E-state index contributed by atoms with van der Waals surface area (Å²) in [6.45, 7) is 12.6. The zero-order valence-electron chi connectivity index (χ0n) is 46.5. The van der Waals surface area contributed by atoms with Crippen molar-refractivity contribution in [3.05, 3.63) is 18.2 Å². The first-order chi connectivity index (χ1) is 37.0. The van der Waals surface area contributed by atoms with Crippen molar-refractivity contribution in [2.24, 2.45) is 40.9 Å². The number of carboxylic acids is 2. The number of amides is 10. The van der Waals surface area contributed by atoms with Crippen molar-refractivity contribution >= 4 is 71.0 Å². The fraction of sp³-hybridized carbons (Fsp3) is 0.700. The Morgan fingerprint density at radius 1 is 0.544 bits per heavy atom. The monoisotopic (exact) mass is 1120 g/mol. The van der Waals surface area contributed by atoms with Crippen LogP contribution in [0.1, 0.15) is 125 Å². The molecule has 9 atom stereocenters. The number of aliphatic hydroxyl groups excluding tert-OH is 1. The van der Waals surface area contributed by atoms with Crippen LogP contribution in [0.5, 0.6) is 0 Å².